The molecule has 6 heteroatoms. The summed E-state index contributed by atoms with van der Waals surface area (Å²) in [5, 5.41) is 7.45. The van der Waals surface area contributed by atoms with Crippen LogP contribution in [-0.4, -0.2) is 15.6 Å². The van der Waals surface area contributed by atoms with Crippen molar-refractivity contribution in [2.45, 2.75) is 25.4 Å². The SMILES string of the molecule is Fc1ccc(Br)cc1-c1nnsc1CNC1CC1. The van der Waals surface area contributed by atoms with Gasteiger partial charge < -0.3 is 5.32 Å². The normalized spacial score (nSPS) is 15.0. The highest BCUT2D eigenvalue weighted by atomic mass is 79.9. The summed E-state index contributed by atoms with van der Waals surface area (Å²) < 4.78 is 18.6. The number of hydrogen-bond acceptors (Lipinski definition) is 4. The van der Waals surface area contributed by atoms with Gasteiger partial charge in [-0.05, 0) is 42.6 Å². The number of nitrogens with one attached hydrogen (secondary N) is 1. The molecule has 2 aromatic rings. The molecule has 0 saturated heterocycles. The van der Waals surface area contributed by atoms with Crippen LogP contribution in [-0.2, 0) is 6.54 Å². The average molecular weight is 328 g/mol. The van der Waals surface area contributed by atoms with Gasteiger partial charge in [-0.2, -0.15) is 0 Å². The fourth-order valence-corrected chi connectivity index (χ4v) is 2.70. The Kier molecular flexibility index (Phi) is 3.41. The van der Waals surface area contributed by atoms with Crippen molar-refractivity contribution in [1.82, 2.24) is 14.9 Å². The predicted octanol–water partition coefficient (Wildman–Crippen LogP) is 3.36. The summed E-state index contributed by atoms with van der Waals surface area (Å²) in [5.74, 6) is -0.265. The second-order valence-corrected chi connectivity index (χ2v) is 6.08. The Hall–Kier alpha value is -0.850. The summed E-state index contributed by atoms with van der Waals surface area (Å²) in [6, 6.07) is 5.48. The van der Waals surface area contributed by atoms with E-state index in [9.17, 15) is 4.39 Å². The number of nitrogens with zero attached hydrogens (tertiary/aromatic N) is 2. The van der Waals surface area contributed by atoms with Gasteiger partial charge >= 0.3 is 0 Å². The molecule has 1 aliphatic carbocycles. The smallest absolute Gasteiger partial charge is 0.132 e. The topological polar surface area (TPSA) is 37.8 Å². The fourth-order valence-electron chi connectivity index (χ4n) is 1.73. The molecule has 1 aromatic heterocycles. The standard InChI is InChI=1S/C12H11BrFN3S/c13-7-1-4-10(14)9(5-7)12-11(18-17-16-12)6-15-8-2-3-8/h1,4-5,8,15H,2-3,6H2. The number of halogens is 2. The molecular weight excluding hydrogens is 317 g/mol. The van der Waals surface area contributed by atoms with E-state index in [1.165, 1.54) is 30.4 Å². The Labute approximate surface area is 117 Å². The lowest BCUT2D eigenvalue weighted by Gasteiger charge is -2.04. The van der Waals surface area contributed by atoms with Crippen molar-refractivity contribution in [3.05, 3.63) is 33.4 Å². The zero-order valence-electron chi connectivity index (χ0n) is 9.49. The molecule has 0 aliphatic heterocycles. The van der Waals surface area contributed by atoms with E-state index in [2.05, 4.69) is 30.8 Å². The maximum absolute atomic E-state index is 13.8. The lowest BCUT2D eigenvalue weighted by atomic mass is 10.1. The van der Waals surface area contributed by atoms with Crippen molar-refractivity contribution in [1.29, 1.82) is 0 Å². The van der Waals surface area contributed by atoms with Crippen molar-refractivity contribution >= 4 is 27.5 Å². The first-order chi connectivity index (χ1) is 8.74. The van der Waals surface area contributed by atoms with Gasteiger partial charge in [-0.3, -0.25) is 0 Å². The van der Waals surface area contributed by atoms with Gasteiger partial charge in [0.15, 0.2) is 0 Å². The molecule has 0 amide bonds. The minimum absolute atomic E-state index is 0.265. The molecule has 3 nitrogen and oxygen atoms in total. The highest BCUT2D eigenvalue weighted by Gasteiger charge is 2.22. The first-order valence-electron chi connectivity index (χ1n) is 5.74. The lowest BCUT2D eigenvalue weighted by molar-refractivity contribution is 0.629. The molecule has 1 aliphatic rings. The minimum Gasteiger partial charge on any atom is -0.309 e. The largest absolute Gasteiger partial charge is 0.309 e. The third-order valence-electron chi connectivity index (χ3n) is 2.87. The first-order valence-corrected chi connectivity index (χ1v) is 7.30. The van der Waals surface area contributed by atoms with Gasteiger partial charge in [0.1, 0.15) is 11.5 Å². The molecule has 0 unspecified atom stereocenters. The predicted molar refractivity (Wildman–Crippen MR) is 72.9 cm³/mol. The fraction of sp³-hybridized carbons (Fsp3) is 0.333. The summed E-state index contributed by atoms with van der Waals surface area (Å²) in [6.45, 7) is 0.712. The lowest BCUT2D eigenvalue weighted by Crippen LogP contribution is -2.15. The van der Waals surface area contributed by atoms with Crippen LogP contribution in [0.2, 0.25) is 0 Å². The molecule has 1 fully saturated rings. The monoisotopic (exact) mass is 327 g/mol. The van der Waals surface area contributed by atoms with E-state index in [0.717, 1.165) is 9.35 Å². The molecule has 0 radical (unpaired) electrons. The van der Waals surface area contributed by atoms with Gasteiger partial charge in [0.25, 0.3) is 0 Å². The van der Waals surface area contributed by atoms with Crippen LogP contribution in [0, 0.1) is 5.82 Å². The van der Waals surface area contributed by atoms with Crippen LogP contribution in [0.25, 0.3) is 11.3 Å². The quantitative estimate of drug-likeness (QED) is 0.935. The van der Waals surface area contributed by atoms with E-state index in [4.69, 9.17) is 0 Å². The molecule has 0 spiro atoms. The van der Waals surface area contributed by atoms with E-state index in [1.807, 2.05) is 0 Å². The van der Waals surface area contributed by atoms with Gasteiger partial charge in [-0.15, -0.1) is 5.10 Å². The van der Waals surface area contributed by atoms with E-state index in [0.29, 0.717) is 23.8 Å². The molecule has 1 saturated carbocycles. The number of rotatable bonds is 4. The molecule has 0 bridgehead atoms. The van der Waals surface area contributed by atoms with Crippen LogP contribution >= 0.6 is 27.5 Å². The van der Waals surface area contributed by atoms with Gasteiger partial charge in [0.2, 0.25) is 0 Å². The van der Waals surface area contributed by atoms with Gasteiger partial charge in [0.05, 0.1) is 4.88 Å². The Morgan fingerprint density at radius 1 is 1.44 bits per heavy atom. The van der Waals surface area contributed by atoms with Gasteiger partial charge in [-0.1, -0.05) is 20.4 Å². The summed E-state index contributed by atoms with van der Waals surface area (Å²) in [4.78, 5) is 0.985. The van der Waals surface area contributed by atoms with Crippen LogP contribution in [0.1, 0.15) is 17.7 Å². The highest BCUT2D eigenvalue weighted by molar-refractivity contribution is 9.10. The maximum Gasteiger partial charge on any atom is 0.132 e. The third-order valence-corrected chi connectivity index (χ3v) is 4.08. The summed E-state index contributed by atoms with van der Waals surface area (Å²) >= 11 is 4.67. The van der Waals surface area contributed by atoms with Crippen LogP contribution in [0.3, 0.4) is 0 Å². The van der Waals surface area contributed by atoms with Crippen LogP contribution in [0.5, 0.6) is 0 Å². The van der Waals surface area contributed by atoms with Crippen LogP contribution < -0.4 is 5.32 Å². The van der Waals surface area contributed by atoms with E-state index >= 15 is 0 Å². The number of hydrogen-bond donors (Lipinski definition) is 1. The first kappa shape index (κ1) is 12.2. The Morgan fingerprint density at radius 3 is 3.06 bits per heavy atom. The molecule has 18 heavy (non-hydrogen) atoms. The molecule has 1 N–H and O–H groups in total. The number of benzene rings is 1. The minimum atomic E-state index is -0.265. The second kappa shape index (κ2) is 5.03. The van der Waals surface area contributed by atoms with E-state index in [1.54, 1.807) is 12.1 Å². The zero-order valence-corrected chi connectivity index (χ0v) is 11.9. The van der Waals surface area contributed by atoms with Crippen molar-refractivity contribution in [3.8, 4) is 11.3 Å². The summed E-state index contributed by atoms with van der Waals surface area (Å²) in [6.07, 6.45) is 2.46. The van der Waals surface area contributed by atoms with Crippen LogP contribution in [0.15, 0.2) is 22.7 Å². The van der Waals surface area contributed by atoms with Gasteiger partial charge in [-0.25, -0.2) is 4.39 Å². The van der Waals surface area contributed by atoms with Gasteiger partial charge in [0, 0.05) is 22.6 Å². The molecule has 1 heterocycles. The molecule has 3 rings (SSSR count). The third kappa shape index (κ3) is 2.60. The van der Waals surface area contributed by atoms with Crippen molar-refractivity contribution in [3.63, 3.8) is 0 Å². The van der Waals surface area contributed by atoms with Crippen molar-refractivity contribution < 1.29 is 4.39 Å². The second-order valence-electron chi connectivity index (χ2n) is 4.32. The maximum atomic E-state index is 13.8. The Balaban J connectivity index is 1.90. The van der Waals surface area contributed by atoms with Crippen molar-refractivity contribution in [2.24, 2.45) is 0 Å². The average Bonchev–Trinajstić information content (AvgIpc) is 3.08. The molecular formula is C12H11BrFN3S. The number of aromatic nitrogens is 2. The molecule has 1 aromatic carbocycles. The summed E-state index contributed by atoms with van der Waals surface area (Å²) in [7, 11) is 0. The summed E-state index contributed by atoms with van der Waals surface area (Å²) in [5.41, 5.74) is 1.15. The molecule has 94 valence electrons. The van der Waals surface area contributed by atoms with Crippen molar-refractivity contribution in [2.75, 3.05) is 0 Å². The zero-order chi connectivity index (χ0) is 12.5. The van der Waals surface area contributed by atoms with Crippen LogP contribution in [0.4, 0.5) is 4.39 Å². The Bertz CT molecular complexity index is 568. The van der Waals surface area contributed by atoms with E-state index in [-0.39, 0.29) is 5.82 Å². The Morgan fingerprint density at radius 2 is 2.28 bits per heavy atom. The molecule has 0 atom stereocenters. The van der Waals surface area contributed by atoms with E-state index < -0.39 is 0 Å². The highest BCUT2D eigenvalue weighted by Crippen LogP contribution is 2.29.